The lowest BCUT2D eigenvalue weighted by Gasteiger charge is -1.89. The van der Waals surface area contributed by atoms with Gasteiger partial charge in [0, 0.05) is 0 Å². The fourth-order valence-corrected chi connectivity index (χ4v) is 1.38. The molecule has 13 heavy (non-hydrogen) atoms. The van der Waals surface area contributed by atoms with Crippen LogP contribution in [0.2, 0.25) is 0 Å². The normalized spacial score (nSPS) is 9.69. The maximum Gasteiger partial charge on any atom is 0.285 e. The molecule has 0 unspecified atom stereocenters. The van der Waals surface area contributed by atoms with Crippen LogP contribution in [0, 0.1) is 0 Å². The zero-order valence-corrected chi connectivity index (χ0v) is 9.72. The van der Waals surface area contributed by atoms with Crippen LogP contribution >= 0.6 is 0 Å². The Bertz CT molecular complexity index is 411. The molecule has 0 N–H and O–H groups in total. The SMILES string of the molecule is CO[n+]1cn(C)c2ccccc21.[I-]. The molecule has 3 nitrogen and oxygen atoms in total. The maximum absolute atomic E-state index is 5.14. The molecule has 2 rings (SSSR count). The molecule has 0 aliphatic rings. The third-order valence-electron chi connectivity index (χ3n) is 1.97. The summed E-state index contributed by atoms with van der Waals surface area (Å²) in [6, 6.07) is 8.10. The first kappa shape index (κ1) is 10.3. The number of nitrogens with zero attached hydrogens (tertiary/aromatic N) is 2. The second-order valence-electron chi connectivity index (χ2n) is 2.72. The minimum Gasteiger partial charge on any atom is -1.00 e. The molecular formula is C9H11IN2O. The predicted octanol–water partition coefficient (Wildman–Crippen LogP) is -2.47. The number of fused-ring (bicyclic) bond motifs is 1. The van der Waals surface area contributed by atoms with Gasteiger partial charge in [-0.05, 0) is 16.9 Å². The van der Waals surface area contributed by atoms with Gasteiger partial charge < -0.3 is 28.8 Å². The number of benzene rings is 1. The fraction of sp³-hybridized carbons (Fsp3) is 0.222. The first-order chi connectivity index (χ1) is 5.83. The number of hydrogen-bond donors (Lipinski definition) is 0. The Kier molecular flexibility index (Phi) is 3.13. The molecule has 0 spiro atoms. The molecule has 0 amide bonds. The van der Waals surface area contributed by atoms with Gasteiger partial charge in [-0.1, -0.05) is 12.1 Å². The largest absolute Gasteiger partial charge is 1.00 e. The number of aryl methyl sites for hydroxylation is 1. The quantitative estimate of drug-likeness (QED) is 0.420. The van der Waals surface area contributed by atoms with E-state index in [0.29, 0.717) is 0 Å². The van der Waals surface area contributed by atoms with E-state index in [1.54, 1.807) is 11.8 Å². The summed E-state index contributed by atoms with van der Waals surface area (Å²) >= 11 is 0. The third kappa shape index (κ3) is 1.63. The summed E-state index contributed by atoms with van der Waals surface area (Å²) in [4.78, 5) is 5.14. The van der Waals surface area contributed by atoms with Gasteiger partial charge in [0.2, 0.25) is 5.52 Å². The van der Waals surface area contributed by atoms with Crippen molar-refractivity contribution in [3.05, 3.63) is 30.6 Å². The van der Waals surface area contributed by atoms with Crippen molar-refractivity contribution >= 4 is 11.0 Å². The molecule has 0 aliphatic carbocycles. The summed E-state index contributed by atoms with van der Waals surface area (Å²) < 4.78 is 3.77. The van der Waals surface area contributed by atoms with Crippen LogP contribution in [0.25, 0.3) is 11.0 Å². The van der Waals surface area contributed by atoms with Gasteiger partial charge in [0.1, 0.15) is 7.11 Å². The summed E-state index contributed by atoms with van der Waals surface area (Å²) in [5.74, 6) is 0. The van der Waals surface area contributed by atoms with Gasteiger partial charge in [-0.2, -0.15) is 0 Å². The van der Waals surface area contributed by atoms with Crippen LogP contribution in [0.3, 0.4) is 0 Å². The fourth-order valence-electron chi connectivity index (χ4n) is 1.38. The number of hydrogen-bond acceptors (Lipinski definition) is 1. The first-order valence-corrected chi connectivity index (χ1v) is 3.83. The number of para-hydroxylation sites is 2. The Morgan fingerprint density at radius 3 is 2.69 bits per heavy atom. The summed E-state index contributed by atoms with van der Waals surface area (Å²) in [6.07, 6.45) is 1.91. The van der Waals surface area contributed by atoms with Gasteiger partial charge >= 0.3 is 0 Å². The average Bonchev–Trinajstić information content (AvgIpc) is 2.44. The van der Waals surface area contributed by atoms with Crippen LogP contribution in [-0.2, 0) is 7.05 Å². The molecule has 4 heteroatoms. The van der Waals surface area contributed by atoms with Crippen LogP contribution in [0.4, 0.5) is 0 Å². The summed E-state index contributed by atoms with van der Waals surface area (Å²) in [6.45, 7) is 0. The molecule has 0 atom stereocenters. The van der Waals surface area contributed by atoms with Gasteiger partial charge in [-0.15, -0.1) is 0 Å². The summed E-state index contributed by atoms with van der Waals surface area (Å²) in [7, 11) is 3.66. The van der Waals surface area contributed by atoms with Crippen molar-refractivity contribution in [3.8, 4) is 0 Å². The van der Waals surface area contributed by atoms with E-state index in [-0.39, 0.29) is 24.0 Å². The van der Waals surface area contributed by atoms with Crippen molar-refractivity contribution < 1.29 is 33.5 Å². The van der Waals surface area contributed by atoms with Crippen LogP contribution in [0.5, 0.6) is 0 Å². The third-order valence-corrected chi connectivity index (χ3v) is 1.97. The molecule has 0 bridgehead atoms. The van der Waals surface area contributed by atoms with Gasteiger partial charge in [0.15, 0.2) is 5.52 Å². The minimum atomic E-state index is 0. The lowest BCUT2D eigenvalue weighted by atomic mass is 10.3. The Hall–Kier alpha value is -0.780. The van der Waals surface area contributed by atoms with Gasteiger partial charge in [-0.3, -0.25) is 0 Å². The number of aromatic nitrogens is 2. The second kappa shape index (κ2) is 3.95. The van der Waals surface area contributed by atoms with E-state index < -0.39 is 0 Å². The standard InChI is InChI=1S/C9H11N2O.HI/c1-10-7-11(12-2)9-6-4-3-5-8(9)10;/h3-7H,1-2H3;1H/q+1;/p-1. The van der Waals surface area contributed by atoms with E-state index in [0.717, 1.165) is 5.52 Å². The van der Waals surface area contributed by atoms with Crippen LogP contribution < -0.4 is 33.5 Å². The minimum absolute atomic E-state index is 0. The number of rotatable bonds is 1. The van der Waals surface area contributed by atoms with Crippen molar-refractivity contribution in [2.75, 3.05) is 7.11 Å². The molecule has 2 aromatic rings. The number of halogens is 1. The second-order valence-corrected chi connectivity index (χ2v) is 2.72. The van der Waals surface area contributed by atoms with Crippen molar-refractivity contribution in [1.29, 1.82) is 0 Å². The first-order valence-electron chi connectivity index (χ1n) is 3.83. The Morgan fingerprint density at radius 2 is 2.00 bits per heavy atom. The zero-order valence-electron chi connectivity index (χ0n) is 7.57. The highest BCUT2D eigenvalue weighted by Crippen LogP contribution is 2.07. The lowest BCUT2D eigenvalue weighted by Crippen LogP contribution is -3.00. The van der Waals surface area contributed by atoms with Gasteiger partial charge in [0.25, 0.3) is 6.33 Å². The van der Waals surface area contributed by atoms with Gasteiger partial charge in [-0.25, -0.2) is 4.57 Å². The van der Waals surface area contributed by atoms with E-state index >= 15 is 0 Å². The molecular weight excluding hydrogens is 279 g/mol. The topological polar surface area (TPSA) is 18.0 Å². The molecule has 0 saturated heterocycles. The van der Waals surface area contributed by atoms with Crippen molar-refractivity contribution in [1.82, 2.24) is 4.57 Å². The van der Waals surface area contributed by atoms with Crippen molar-refractivity contribution in [2.45, 2.75) is 0 Å². The molecule has 70 valence electrons. The molecule has 0 radical (unpaired) electrons. The van der Waals surface area contributed by atoms with Crippen molar-refractivity contribution in [2.24, 2.45) is 7.05 Å². The molecule has 0 aliphatic heterocycles. The molecule has 1 aromatic heterocycles. The molecule has 0 saturated carbocycles. The summed E-state index contributed by atoms with van der Waals surface area (Å²) in [5.41, 5.74) is 2.25. The highest BCUT2D eigenvalue weighted by atomic mass is 127. The Labute approximate surface area is 93.9 Å². The maximum atomic E-state index is 5.14. The number of imidazole rings is 1. The van der Waals surface area contributed by atoms with Crippen LogP contribution in [-0.4, -0.2) is 11.7 Å². The van der Waals surface area contributed by atoms with E-state index in [1.165, 1.54) is 5.52 Å². The Balaban J connectivity index is 0.000000845. The molecule has 1 aromatic carbocycles. The highest BCUT2D eigenvalue weighted by molar-refractivity contribution is 5.71. The van der Waals surface area contributed by atoms with Crippen LogP contribution in [0.15, 0.2) is 30.6 Å². The molecule has 1 heterocycles. The monoisotopic (exact) mass is 290 g/mol. The van der Waals surface area contributed by atoms with E-state index in [1.807, 2.05) is 36.1 Å². The van der Waals surface area contributed by atoms with E-state index in [2.05, 4.69) is 6.07 Å². The summed E-state index contributed by atoms with van der Waals surface area (Å²) in [5, 5.41) is 0. The van der Waals surface area contributed by atoms with E-state index in [4.69, 9.17) is 4.84 Å². The Morgan fingerprint density at radius 1 is 1.31 bits per heavy atom. The highest BCUT2D eigenvalue weighted by Gasteiger charge is 2.11. The van der Waals surface area contributed by atoms with Crippen LogP contribution in [0.1, 0.15) is 0 Å². The van der Waals surface area contributed by atoms with E-state index in [9.17, 15) is 0 Å². The van der Waals surface area contributed by atoms with Crippen molar-refractivity contribution in [3.63, 3.8) is 0 Å². The predicted molar refractivity (Wildman–Crippen MR) is 45.6 cm³/mol. The zero-order chi connectivity index (χ0) is 8.55. The smallest absolute Gasteiger partial charge is 0.285 e. The van der Waals surface area contributed by atoms with Gasteiger partial charge in [0.05, 0.1) is 7.05 Å². The lowest BCUT2D eigenvalue weighted by molar-refractivity contribution is -0.865. The average molecular weight is 290 g/mol. The molecule has 0 fully saturated rings.